The highest BCUT2D eigenvalue weighted by atomic mass is 16.5. The van der Waals surface area contributed by atoms with E-state index >= 15 is 0 Å². The number of hydrogen-bond donors (Lipinski definition) is 1. The first-order valence-corrected chi connectivity index (χ1v) is 6.11. The molecule has 1 aliphatic heterocycles. The standard InChI is InChI=1S/C14H18O2/c15-14(5-6-14)8-12-3-1-11(2-4-12)7-13-9-16-10-13/h1-4,13,15H,5-10H2. The van der Waals surface area contributed by atoms with Crippen LogP contribution in [0, 0.1) is 5.92 Å². The topological polar surface area (TPSA) is 29.5 Å². The van der Waals surface area contributed by atoms with Crippen LogP contribution < -0.4 is 0 Å². The van der Waals surface area contributed by atoms with Crippen LogP contribution >= 0.6 is 0 Å². The summed E-state index contributed by atoms with van der Waals surface area (Å²) in [4.78, 5) is 0. The van der Waals surface area contributed by atoms with Gasteiger partial charge in [0.15, 0.2) is 0 Å². The summed E-state index contributed by atoms with van der Waals surface area (Å²) in [5.74, 6) is 0.721. The Morgan fingerprint density at radius 1 is 1.12 bits per heavy atom. The van der Waals surface area contributed by atoms with E-state index in [1.54, 1.807) is 0 Å². The molecule has 1 aromatic rings. The van der Waals surface area contributed by atoms with Gasteiger partial charge in [-0.1, -0.05) is 24.3 Å². The molecule has 1 heterocycles. The molecule has 1 saturated carbocycles. The number of rotatable bonds is 4. The normalized spacial score (nSPS) is 22.8. The van der Waals surface area contributed by atoms with Crippen molar-refractivity contribution in [3.63, 3.8) is 0 Å². The zero-order valence-corrected chi connectivity index (χ0v) is 9.48. The average Bonchev–Trinajstić information content (AvgIpc) is 2.92. The van der Waals surface area contributed by atoms with Gasteiger partial charge in [-0.2, -0.15) is 0 Å². The first kappa shape index (κ1) is 10.3. The Kier molecular flexibility index (Phi) is 2.49. The van der Waals surface area contributed by atoms with E-state index in [4.69, 9.17) is 4.74 Å². The number of benzene rings is 1. The minimum atomic E-state index is -0.372. The third kappa shape index (κ3) is 2.28. The Hall–Kier alpha value is -0.860. The highest BCUT2D eigenvalue weighted by molar-refractivity contribution is 5.25. The molecule has 0 unspecified atom stereocenters. The lowest BCUT2D eigenvalue weighted by atomic mass is 9.96. The molecule has 2 heteroatoms. The van der Waals surface area contributed by atoms with Crippen molar-refractivity contribution in [2.24, 2.45) is 5.92 Å². The quantitative estimate of drug-likeness (QED) is 0.837. The molecule has 0 spiro atoms. The number of aliphatic hydroxyl groups is 1. The molecule has 0 bridgehead atoms. The lowest BCUT2D eigenvalue weighted by Crippen LogP contribution is -2.29. The van der Waals surface area contributed by atoms with Crippen LogP contribution in [0.4, 0.5) is 0 Å². The van der Waals surface area contributed by atoms with E-state index in [1.165, 1.54) is 11.1 Å². The predicted octanol–water partition coefficient (Wildman–Crippen LogP) is 1.94. The summed E-state index contributed by atoms with van der Waals surface area (Å²) in [5.41, 5.74) is 2.28. The van der Waals surface area contributed by atoms with Gasteiger partial charge in [0.05, 0.1) is 18.8 Å². The molecule has 2 nitrogen and oxygen atoms in total. The molecule has 0 aromatic heterocycles. The van der Waals surface area contributed by atoms with Gasteiger partial charge < -0.3 is 9.84 Å². The Balaban J connectivity index is 1.60. The summed E-state index contributed by atoms with van der Waals surface area (Å²) in [6.45, 7) is 1.84. The second kappa shape index (κ2) is 3.86. The van der Waals surface area contributed by atoms with E-state index in [9.17, 15) is 5.11 Å². The van der Waals surface area contributed by atoms with Crippen LogP contribution in [0.15, 0.2) is 24.3 Å². The van der Waals surface area contributed by atoms with Gasteiger partial charge in [-0.3, -0.25) is 0 Å². The molecule has 86 valence electrons. The van der Waals surface area contributed by atoms with Crippen molar-refractivity contribution in [1.29, 1.82) is 0 Å². The van der Waals surface area contributed by atoms with Crippen molar-refractivity contribution in [3.05, 3.63) is 35.4 Å². The van der Waals surface area contributed by atoms with Crippen LogP contribution in [0.3, 0.4) is 0 Å². The van der Waals surface area contributed by atoms with E-state index in [1.807, 2.05) is 0 Å². The first-order chi connectivity index (χ1) is 7.73. The number of hydrogen-bond acceptors (Lipinski definition) is 2. The molecule has 2 fully saturated rings. The smallest absolute Gasteiger partial charge is 0.0690 e. The molecule has 1 N–H and O–H groups in total. The summed E-state index contributed by atoms with van der Waals surface area (Å²) in [6, 6.07) is 8.70. The zero-order valence-electron chi connectivity index (χ0n) is 9.48. The summed E-state index contributed by atoms with van der Waals surface area (Å²) in [5, 5.41) is 9.83. The average molecular weight is 218 g/mol. The highest BCUT2D eigenvalue weighted by Crippen LogP contribution is 2.38. The first-order valence-electron chi connectivity index (χ1n) is 6.11. The fourth-order valence-electron chi connectivity index (χ4n) is 2.23. The molecule has 3 rings (SSSR count). The SMILES string of the molecule is OC1(Cc2ccc(CC3COC3)cc2)CC1. The molecule has 16 heavy (non-hydrogen) atoms. The van der Waals surface area contributed by atoms with Crippen LogP contribution in [0.1, 0.15) is 24.0 Å². The zero-order chi connectivity index (χ0) is 11.0. The van der Waals surface area contributed by atoms with E-state index < -0.39 is 0 Å². The lowest BCUT2D eigenvalue weighted by Gasteiger charge is -2.25. The summed E-state index contributed by atoms with van der Waals surface area (Å²) < 4.78 is 5.17. The van der Waals surface area contributed by atoms with Gasteiger partial charge in [0.2, 0.25) is 0 Å². The van der Waals surface area contributed by atoms with Crippen molar-refractivity contribution < 1.29 is 9.84 Å². The summed E-state index contributed by atoms with van der Waals surface area (Å²) in [6.07, 6.45) is 3.88. The van der Waals surface area contributed by atoms with Crippen molar-refractivity contribution in [2.45, 2.75) is 31.3 Å². The van der Waals surface area contributed by atoms with Crippen LogP contribution in [-0.2, 0) is 17.6 Å². The van der Waals surface area contributed by atoms with E-state index in [0.29, 0.717) is 0 Å². The third-order valence-corrected chi connectivity index (χ3v) is 3.61. The molecule has 1 aliphatic carbocycles. The van der Waals surface area contributed by atoms with Gasteiger partial charge in [-0.05, 0) is 30.4 Å². The second-order valence-electron chi connectivity index (χ2n) is 5.33. The van der Waals surface area contributed by atoms with Gasteiger partial charge in [0.25, 0.3) is 0 Å². The van der Waals surface area contributed by atoms with Crippen molar-refractivity contribution in [1.82, 2.24) is 0 Å². The molecule has 0 amide bonds. The van der Waals surface area contributed by atoms with Gasteiger partial charge >= 0.3 is 0 Å². The van der Waals surface area contributed by atoms with Crippen LogP contribution in [0.25, 0.3) is 0 Å². The van der Waals surface area contributed by atoms with E-state index in [2.05, 4.69) is 24.3 Å². The van der Waals surface area contributed by atoms with Crippen molar-refractivity contribution >= 4 is 0 Å². The van der Waals surface area contributed by atoms with E-state index in [-0.39, 0.29) is 5.60 Å². The van der Waals surface area contributed by atoms with Crippen molar-refractivity contribution in [2.75, 3.05) is 13.2 Å². The monoisotopic (exact) mass is 218 g/mol. The maximum atomic E-state index is 9.83. The maximum absolute atomic E-state index is 9.83. The van der Waals surface area contributed by atoms with Crippen LogP contribution in [-0.4, -0.2) is 23.9 Å². The molecule has 0 radical (unpaired) electrons. The Morgan fingerprint density at radius 2 is 1.75 bits per heavy atom. The van der Waals surface area contributed by atoms with Crippen molar-refractivity contribution in [3.8, 4) is 0 Å². The van der Waals surface area contributed by atoms with Gasteiger partial charge in [-0.15, -0.1) is 0 Å². The maximum Gasteiger partial charge on any atom is 0.0690 e. The fraction of sp³-hybridized carbons (Fsp3) is 0.571. The Morgan fingerprint density at radius 3 is 2.25 bits per heavy atom. The number of ether oxygens (including phenoxy) is 1. The molecule has 1 aromatic carbocycles. The van der Waals surface area contributed by atoms with Crippen LogP contribution in [0.5, 0.6) is 0 Å². The Labute approximate surface area is 96.2 Å². The van der Waals surface area contributed by atoms with Gasteiger partial charge in [0.1, 0.15) is 0 Å². The summed E-state index contributed by atoms with van der Waals surface area (Å²) in [7, 11) is 0. The van der Waals surface area contributed by atoms with Crippen LogP contribution in [0.2, 0.25) is 0 Å². The second-order valence-corrected chi connectivity index (χ2v) is 5.33. The van der Waals surface area contributed by atoms with Gasteiger partial charge in [-0.25, -0.2) is 0 Å². The minimum absolute atomic E-state index is 0.372. The molecule has 1 saturated heterocycles. The highest BCUT2D eigenvalue weighted by Gasteiger charge is 2.39. The molecule has 2 aliphatic rings. The van der Waals surface area contributed by atoms with Gasteiger partial charge in [0, 0.05) is 12.3 Å². The Bertz CT molecular complexity index is 361. The molecular weight excluding hydrogens is 200 g/mol. The summed E-state index contributed by atoms with van der Waals surface area (Å²) >= 11 is 0. The molecular formula is C14H18O2. The largest absolute Gasteiger partial charge is 0.390 e. The molecule has 0 atom stereocenters. The van der Waals surface area contributed by atoms with E-state index in [0.717, 1.165) is 44.8 Å². The predicted molar refractivity (Wildman–Crippen MR) is 62.3 cm³/mol. The fourth-order valence-corrected chi connectivity index (χ4v) is 2.23. The lowest BCUT2D eigenvalue weighted by molar-refractivity contribution is -0.0312. The third-order valence-electron chi connectivity index (χ3n) is 3.61. The minimum Gasteiger partial charge on any atom is -0.390 e.